The largest absolute Gasteiger partial charge is 0.479 e. The van der Waals surface area contributed by atoms with Gasteiger partial charge in [0.1, 0.15) is 5.60 Å². The van der Waals surface area contributed by atoms with E-state index in [0.29, 0.717) is 13.5 Å². The second-order valence-corrected chi connectivity index (χ2v) is 10.6. The molecule has 1 unspecified atom stereocenters. The lowest BCUT2D eigenvalue weighted by atomic mass is 10.1. The zero-order chi connectivity index (χ0) is 20.4. The van der Waals surface area contributed by atoms with Gasteiger partial charge in [-0.25, -0.2) is 9.59 Å². The number of rotatable bonds is 4. The minimum absolute atomic E-state index is 0.483. The first-order chi connectivity index (χ1) is 12.6. The van der Waals surface area contributed by atoms with Crippen LogP contribution in [0.25, 0.3) is 0 Å². The second-order valence-electron chi connectivity index (χ2n) is 7.72. The third kappa shape index (κ3) is 9.73. The number of aliphatic carboxylic acids is 1. The molecule has 7 heteroatoms. The van der Waals surface area contributed by atoms with Crippen LogP contribution in [0.3, 0.4) is 0 Å². The fourth-order valence-electron chi connectivity index (χ4n) is 2.61. The summed E-state index contributed by atoms with van der Waals surface area (Å²) in [5.74, 6) is -1.13. The summed E-state index contributed by atoms with van der Waals surface area (Å²) in [4.78, 5) is 24.4. The first-order valence-corrected chi connectivity index (χ1v) is 11.3. The molecule has 0 aliphatic carbocycles. The van der Waals surface area contributed by atoms with Gasteiger partial charge >= 0.3 is 12.1 Å². The highest BCUT2D eigenvalue weighted by Gasteiger charge is 2.25. The third-order valence-electron chi connectivity index (χ3n) is 4.20. The molecule has 1 fully saturated rings. The molecule has 1 heterocycles. The second kappa shape index (κ2) is 11.3. The fraction of sp³-hybridized carbons (Fsp3) is 0.600. The topological polar surface area (TPSA) is 80.1 Å². The minimum Gasteiger partial charge on any atom is -0.479 e. The quantitative estimate of drug-likeness (QED) is 0.682. The SMILES string of the molecule is CC(C)(C)OC(=O)NC(C(=O)O)c1ccccc1.CCP1CC[NH+](C)CC1. The lowest BCUT2D eigenvalue weighted by Gasteiger charge is -2.25. The summed E-state index contributed by atoms with van der Waals surface area (Å²) in [5, 5.41) is 11.4. The number of carbonyl (C=O) groups excluding carboxylic acids is 1. The van der Waals surface area contributed by atoms with Crippen LogP contribution in [-0.2, 0) is 9.53 Å². The monoisotopic (exact) mass is 397 g/mol. The Morgan fingerprint density at radius 3 is 2.22 bits per heavy atom. The maximum absolute atomic E-state index is 11.6. The van der Waals surface area contributed by atoms with Gasteiger partial charge in [0.05, 0.1) is 20.1 Å². The molecule has 1 atom stereocenters. The molecule has 2 rings (SSSR count). The summed E-state index contributed by atoms with van der Waals surface area (Å²) in [6.07, 6.45) is 3.76. The first-order valence-electron chi connectivity index (χ1n) is 9.43. The Balaban J connectivity index is 0.000000337. The number of alkyl carbamates (subject to hydrolysis) is 1. The number of ether oxygens (including phenoxy) is 1. The van der Waals surface area contributed by atoms with Gasteiger partial charge in [-0.2, -0.15) is 0 Å². The van der Waals surface area contributed by atoms with E-state index in [9.17, 15) is 9.59 Å². The van der Waals surface area contributed by atoms with Crippen molar-refractivity contribution >= 4 is 20.0 Å². The number of quaternary nitrogens is 1. The molecule has 1 aliphatic heterocycles. The molecule has 1 aromatic carbocycles. The summed E-state index contributed by atoms with van der Waals surface area (Å²) in [6.45, 7) is 10.3. The number of carboxylic acids is 1. The van der Waals surface area contributed by atoms with Gasteiger partial charge in [-0.3, -0.25) is 0 Å². The van der Waals surface area contributed by atoms with Crippen molar-refractivity contribution in [3.8, 4) is 0 Å². The molecule has 1 saturated heterocycles. The lowest BCUT2D eigenvalue weighted by molar-refractivity contribution is -0.875. The number of carbonyl (C=O) groups is 2. The Morgan fingerprint density at radius 2 is 1.78 bits per heavy atom. The zero-order valence-corrected chi connectivity index (χ0v) is 18.0. The van der Waals surface area contributed by atoms with E-state index >= 15 is 0 Å². The Kier molecular flexibility index (Phi) is 9.75. The van der Waals surface area contributed by atoms with Crippen molar-refractivity contribution in [3.63, 3.8) is 0 Å². The molecule has 0 aromatic heterocycles. The average molecular weight is 397 g/mol. The van der Waals surface area contributed by atoms with Gasteiger partial charge in [-0.05, 0) is 32.5 Å². The fourth-order valence-corrected chi connectivity index (χ4v) is 4.86. The number of carboxylic acid groups (broad SMARTS) is 1. The number of hydrogen-bond acceptors (Lipinski definition) is 3. The number of hydrogen-bond donors (Lipinski definition) is 3. The molecule has 0 bridgehead atoms. The third-order valence-corrected chi connectivity index (χ3v) is 6.80. The summed E-state index contributed by atoms with van der Waals surface area (Å²) >= 11 is 0. The van der Waals surface area contributed by atoms with Gasteiger partial charge < -0.3 is 20.1 Å². The molecule has 0 spiro atoms. The van der Waals surface area contributed by atoms with Crippen LogP contribution in [0, 0.1) is 0 Å². The normalized spacial score (nSPS) is 20.6. The highest BCUT2D eigenvalue weighted by molar-refractivity contribution is 7.57. The lowest BCUT2D eigenvalue weighted by Crippen LogP contribution is -3.10. The van der Waals surface area contributed by atoms with E-state index in [2.05, 4.69) is 19.3 Å². The molecule has 1 aromatic rings. The molecule has 1 aliphatic rings. The summed E-state index contributed by atoms with van der Waals surface area (Å²) in [7, 11) is 2.79. The predicted octanol–water partition coefficient (Wildman–Crippen LogP) is 2.35. The molecule has 0 saturated carbocycles. The van der Waals surface area contributed by atoms with Gasteiger partial charge in [0, 0.05) is 12.3 Å². The van der Waals surface area contributed by atoms with Gasteiger partial charge in [0.25, 0.3) is 0 Å². The Bertz CT molecular complexity index is 581. The summed E-state index contributed by atoms with van der Waals surface area (Å²) in [6, 6.07) is 7.35. The summed E-state index contributed by atoms with van der Waals surface area (Å²) in [5.41, 5.74) is -0.167. The average Bonchev–Trinajstić information content (AvgIpc) is 2.60. The van der Waals surface area contributed by atoms with Crippen LogP contribution in [-0.4, -0.2) is 61.4 Å². The van der Waals surface area contributed by atoms with Crippen LogP contribution >= 0.6 is 7.92 Å². The maximum atomic E-state index is 11.6. The minimum atomic E-state index is -1.13. The van der Waals surface area contributed by atoms with Crippen molar-refractivity contribution in [1.29, 1.82) is 0 Å². The van der Waals surface area contributed by atoms with Crippen LogP contribution in [0.15, 0.2) is 30.3 Å². The van der Waals surface area contributed by atoms with Crippen LogP contribution < -0.4 is 10.2 Å². The molecular weight excluding hydrogens is 363 g/mol. The van der Waals surface area contributed by atoms with Crippen molar-refractivity contribution in [2.75, 3.05) is 38.6 Å². The van der Waals surface area contributed by atoms with E-state index in [1.165, 1.54) is 31.6 Å². The van der Waals surface area contributed by atoms with E-state index in [1.807, 2.05) is 0 Å². The van der Waals surface area contributed by atoms with E-state index in [4.69, 9.17) is 9.84 Å². The Labute approximate surface area is 164 Å². The Morgan fingerprint density at radius 1 is 1.22 bits per heavy atom. The van der Waals surface area contributed by atoms with Crippen LogP contribution in [0.1, 0.15) is 39.3 Å². The van der Waals surface area contributed by atoms with Gasteiger partial charge in [-0.1, -0.05) is 45.2 Å². The standard InChI is InChI=1S/C13H17NO4.C7H16NP/c1-13(2,3)18-12(17)14-10(11(15)16)9-7-5-4-6-8-9;1-3-9-6-4-8(2)5-7-9/h4-8,10H,1-3H3,(H,14,17)(H,15,16);3-7H2,1-2H3/p+1. The van der Waals surface area contributed by atoms with E-state index < -0.39 is 23.7 Å². The first kappa shape index (κ1) is 23.4. The summed E-state index contributed by atoms with van der Waals surface area (Å²) < 4.78 is 5.03. The molecule has 152 valence electrons. The van der Waals surface area contributed by atoms with Crippen molar-refractivity contribution in [1.82, 2.24) is 5.32 Å². The van der Waals surface area contributed by atoms with Crippen molar-refractivity contribution in [2.24, 2.45) is 0 Å². The van der Waals surface area contributed by atoms with Crippen molar-refractivity contribution in [2.45, 2.75) is 39.3 Å². The number of benzene rings is 1. The molecule has 27 heavy (non-hydrogen) atoms. The molecule has 0 radical (unpaired) electrons. The van der Waals surface area contributed by atoms with Gasteiger partial charge in [0.2, 0.25) is 0 Å². The van der Waals surface area contributed by atoms with E-state index in [0.717, 1.165) is 0 Å². The number of amides is 1. The van der Waals surface area contributed by atoms with Crippen molar-refractivity contribution in [3.05, 3.63) is 35.9 Å². The zero-order valence-electron chi connectivity index (χ0n) is 17.1. The van der Waals surface area contributed by atoms with Crippen molar-refractivity contribution < 1.29 is 24.3 Å². The predicted molar refractivity (Wildman–Crippen MR) is 110 cm³/mol. The van der Waals surface area contributed by atoms with E-state index in [-0.39, 0.29) is 0 Å². The molecular formula is C20H34N2O4P+. The van der Waals surface area contributed by atoms with Crippen LogP contribution in [0.2, 0.25) is 0 Å². The van der Waals surface area contributed by atoms with Gasteiger partial charge in [0.15, 0.2) is 6.04 Å². The smallest absolute Gasteiger partial charge is 0.408 e. The van der Waals surface area contributed by atoms with Crippen LogP contribution in [0.5, 0.6) is 0 Å². The maximum Gasteiger partial charge on any atom is 0.408 e. The Hall–Kier alpha value is -1.65. The molecule has 3 N–H and O–H groups in total. The van der Waals surface area contributed by atoms with E-state index in [1.54, 1.807) is 56.0 Å². The highest BCUT2D eigenvalue weighted by Crippen LogP contribution is 2.33. The molecule has 6 nitrogen and oxygen atoms in total. The highest BCUT2D eigenvalue weighted by atomic mass is 31.1. The molecule has 1 amide bonds. The van der Waals surface area contributed by atoms with Crippen LogP contribution in [0.4, 0.5) is 4.79 Å². The number of nitrogens with one attached hydrogen (secondary N) is 2. The van der Waals surface area contributed by atoms with Gasteiger partial charge in [-0.15, -0.1) is 0 Å².